The molecule has 15 heavy (non-hydrogen) atoms. The lowest BCUT2D eigenvalue weighted by atomic mass is 9.73. The number of hydrogen-bond donors (Lipinski definition) is 0. The van der Waals surface area contributed by atoms with E-state index in [1.165, 1.54) is 6.42 Å². The van der Waals surface area contributed by atoms with E-state index in [1.807, 2.05) is 12.1 Å². The van der Waals surface area contributed by atoms with Crippen LogP contribution in [0.15, 0.2) is 27.9 Å². The third-order valence-corrected chi connectivity index (χ3v) is 3.43. The van der Waals surface area contributed by atoms with E-state index in [2.05, 4.69) is 16.9 Å². The van der Waals surface area contributed by atoms with Crippen LogP contribution in [0.2, 0.25) is 0 Å². The average Bonchev–Trinajstić information content (AvgIpc) is 2.75. The summed E-state index contributed by atoms with van der Waals surface area (Å²) in [5.41, 5.74) is 8.27. The maximum absolute atomic E-state index is 8.72. The maximum Gasteiger partial charge on any atom is 0.116 e. The molecule has 80 valence electrons. The number of hydrogen-bond acceptors (Lipinski definition) is 2. The van der Waals surface area contributed by atoms with E-state index >= 15 is 0 Å². The molecule has 0 N–H and O–H groups in total. The summed E-state index contributed by atoms with van der Waals surface area (Å²) in [6.07, 6.45) is 5.95. The van der Waals surface area contributed by atoms with Crippen LogP contribution in [0.1, 0.15) is 38.4 Å². The molecule has 0 bridgehead atoms. The van der Waals surface area contributed by atoms with E-state index in [1.54, 1.807) is 6.26 Å². The Labute approximate surface area is 88.9 Å². The number of azide groups is 1. The summed E-state index contributed by atoms with van der Waals surface area (Å²) in [5, 5.41) is 4.03. The van der Waals surface area contributed by atoms with Crippen LogP contribution in [0.3, 0.4) is 0 Å². The summed E-state index contributed by atoms with van der Waals surface area (Å²) >= 11 is 0. The molecular formula is C11H15N3O. The van der Waals surface area contributed by atoms with Gasteiger partial charge in [0.1, 0.15) is 11.3 Å². The molecule has 1 heterocycles. The van der Waals surface area contributed by atoms with Gasteiger partial charge in [-0.15, -0.1) is 0 Å². The number of rotatable bonds is 2. The standard InChI is InChI=1S/C11H15N3O/c1-9-5-2-3-7-11(9,13-14-12)10-6-4-8-15-10/h4,6,8-9H,2-3,5,7H2,1H3. The molecule has 4 nitrogen and oxygen atoms in total. The highest BCUT2D eigenvalue weighted by Gasteiger charge is 2.41. The molecule has 1 saturated carbocycles. The molecule has 1 aromatic rings. The van der Waals surface area contributed by atoms with Gasteiger partial charge in [0.2, 0.25) is 0 Å². The Bertz CT molecular complexity index is 367. The van der Waals surface area contributed by atoms with E-state index in [0.717, 1.165) is 25.0 Å². The van der Waals surface area contributed by atoms with E-state index in [0.29, 0.717) is 5.92 Å². The second-order valence-electron chi connectivity index (χ2n) is 4.24. The zero-order chi connectivity index (χ0) is 10.7. The number of furan rings is 1. The molecule has 1 aliphatic rings. The molecule has 2 atom stereocenters. The van der Waals surface area contributed by atoms with Crippen LogP contribution in [-0.2, 0) is 5.54 Å². The summed E-state index contributed by atoms with van der Waals surface area (Å²) in [5.74, 6) is 1.17. The Morgan fingerprint density at radius 2 is 2.47 bits per heavy atom. The summed E-state index contributed by atoms with van der Waals surface area (Å²) in [6.45, 7) is 2.14. The summed E-state index contributed by atoms with van der Waals surface area (Å²) < 4.78 is 5.43. The normalized spacial score (nSPS) is 30.9. The molecule has 1 aromatic heterocycles. The summed E-state index contributed by atoms with van der Waals surface area (Å²) in [6, 6.07) is 3.77. The van der Waals surface area contributed by atoms with Crippen molar-refractivity contribution in [3.8, 4) is 0 Å². The van der Waals surface area contributed by atoms with Gasteiger partial charge in [0.25, 0.3) is 0 Å². The summed E-state index contributed by atoms with van der Waals surface area (Å²) in [7, 11) is 0. The smallest absolute Gasteiger partial charge is 0.116 e. The van der Waals surface area contributed by atoms with Crippen LogP contribution in [0.25, 0.3) is 10.4 Å². The second-order valence-corrected chi connectivity index (χ2v) is 4.24. The van der Waals surface area contributed by atoms with E-state index in [9.17, 15) is 0 Å². The Morgan fingerprint density at radius 1 is 1.60 bits per heavy atom. The molecule has 0 spiro atoms. The third-order valence-electron chi connectivity index (χ3n) is 3.43. The van der Waals surface area contributed by atoms with Crippen molar-refractivity contribution < 1.29 is 4.42 Å². The minimum atomic E-state index is -0.448. The molecule has 2 unspecified atom stereocenters. The van der Waals surface area contributed by atoms with Gasteiger partial charge in [-0.2, -0.15) is 0 Å². The lowest BCUT2D eigenvalue weighted by Crippen LogP contribution is -2.33. The van der Waals surface area contributed by atoms with Crippen molar-refractivity contribution in [1.82, 2.24) is 0 Å². The lowest BCUT2D eigenvalue weighted by Gasteiger charge is -2.36. The van der Waals surface area contributed by atoms with Gasteiger partial charge in [-0.1, -0.05) is 24.9 Å². The molecule has 0 aliphatic heterocycles. The Hall–Kier alpha value is -1.41. The predicted molar refractivity (Wildman–Crippen MR) is 57.2 cm³/mol. The fourth-order valence-electron chi connectivity index (χ4n) is 2.50. The molecule has 0 aromatic carbocycles. The molecule has 2 rings (SSSR count). The average molecular weight is 205 g/mol. The summed E-state index contributed by atoms with van der Waals surface area (Å²) in [4.78, 5) is 3.00. The molecule has 0 radical (unpaired) electrons. The molecule has 1 fully saturated rings. The van der Waals surface area contributed by atoms with Gasteiger partial charge in [-0.25, -0.2) is 0 Å². The molecule has 0 saturated heterocycles. The monoisotopic (exact) mass is 205 g/mol. The van der Waals surface area contributed by atoms with Gasteiger partial charge in [0.05, 0.1) is 6.26 Å². The van der Waals surface area contributed by atoms with E-state index < -0.39 is 5.54 Å². The largest absolute Gasteiger partial charge is 0.469 e. The highest BCUT2D eigenvalue weighted by atomic mass is 16.3. The van der Waals surface area contributed by atoms with Crippen molar-refractivity contribution in [2.24, 2.45) is 11.0 Å². The fraction of sp³-hybridized carbons (Fsp3) is 0.636. The zero-order valence-electron chi connectivity index (χ0n) is 8.89. The molecule has 1 aliphatic carbocycles. The Balaban J connectivity index is 2.43. The second kappa shape index (κ2) is 3.99. The minimum Gasteiger partial charge on any atom is -0.469 e. The van der Waals surface area contributed by atoms with Gasteiger partial charge in [-0.05, 0) is 36.4 Å². The predicted octanol–water partition coefficient (Wildman–Crippen LogP) is 4.00. The van der Waals surface area contributed by atoms with Gasteiger partial charge in [0, 0.05) is 4.91 Å². The third kappa shape index (κ3) is 1.61. The fourth-order valence-corrected chi connectivity index (χ4v) is 2.50. The topological polar surface area (TPSA) is 61.9 Å². The van der Waals surface area contributed by atoms with Gasteiger partial charge >= 0.3 is 0 Å². The molecule has 4 heteroatoms. The van der Waals surface area contributed by atoms with Crippen molar-refractivity contribution in [1.29, 1.82) is 0 Å². The quantitative estimate of drug-likeness (QED) is 0.409. The molecule has 0 amide bonds. The van der Waals surface area contributed by atoms with E-state index in [-0.39, 0.29) is 0 Å². The SMILES string of the molecule is CC1CCCCC1(N=[N+]=[N-])c1ccco1. The van der Waals surface area contributed by atoms with Crippen molar-refractivity contribution in [3.63, 3.8) is 0 Å². The first-order chi connectivity index (χ1) is 7.29. The number of nitrogens with zero attached hydrogens (tertiary/aromatic N) is 3. The Kier molecular flexibility index (Phi) is 2.69. The van der Waals surface area contributed by atoms with Gasteiger partial charge < -0.3 is 4.42 Å². The first kappa shape index (κ1) is 10.1. The highest BCUT2D eigenvalue weighted by Crippen LogP contribution is 2.45. The highest BCUT2D eigenvalue weighted by molar-refractivity contribution is 5.16. The maximum atomic E-state index is 8.72. The van der Waals surface area contributed by atoms with Crippen LogP contribution in [-0.4, -0.2) is 0 Å². The van der Waals surface area contributed by atoms with Crippen molar-refractivity contribution in [2.45, 2.75) is 38.1 Å². The van der Waals surface area contributed by atoms with Crippen molar-refractivity contribution in [2.75, 3.05) is 0 Å². The minimum absolute atomic E-state index is 0.355. The van der Waals surface area contributed by atoms with Crippen LogP contribution in [0.5, 0.6) is 0 Å². The van der Waals surface area contributed by atoms with Crippen LogP contribution in [0, 0.1) is 5.92 Å². The Morgan fingerprint density at radius 3 is 3.07 bits per heavy atom. The lowest BCUT2D eigenvalue weighted by molar-refractivity contribution is 0.173. The van der Waals surface area contributed by atoms with Crippen molar-refractivity contribution >= 4 is 0 Å². The zero-order valence-corrected chi connectivity index (χ0v) is 8.89. The van der Waals surface area contributed by atoms with Crippen LogP contribution in [0.4, 0.5) is 0 Å². The van der Waals surface area contributed by atoms with Crippen molar-refractivity contribution in [3.05, 3.63) is 34.6 Å². The first-order valence-corrected chi connectivity index (χ1v) is 5.40. The van der Waals surface area contributed by atoms with E-state index in [4.69, 9.17) is 9.95 Å². The van der Waals surface area contributed by atoms with Gasteiger partial charge in [-0.3, -0.25) is 0 Å². The molecular weight excluding hydrogens is 190 g/mol. The first-order valence-electron chi connectivity index (χ1n) is 5.40. The van der Waals surface area contributed by atoms with Crippen LogP contribution >= 0.6 is 0 Å². The van der Waals surface area contributed by atoms with Crippen LogP contribution < -0.4 is 0 Å². The van der Waals surface area contributed by atoms with Gasteiger partial charge in [0.15, 0.2) is 0 Å².